The molecule has 0 radical (unpaired) electrons. The fourth-order valence-electron chi connectivity index (χ4n) is 3.92. The Morgan fingerprint density at radius 2 is 2.10 bits per heavy atom. The number of esters is 1. The highest BCUT2D eigenvalue weighted by Gasteiger charge is 2.68. The number of rotatable bonds is 4. The Morgan fingerprint density at radius 1 is 1.38 bits per heavy atom. The van der Waals surface area contributed by atoms with Crippen LogP contribution in [0, 0.1) is 5.92 Å². The van der Waals surface area contributed by atoms with Crippen LogP contribution in [0.15, 0.2) is 11.6 Å². The van der Waals surface area contributed by atoms with Gasteiger partial charge in [0.2, 0.25) is 0 Å². The van der Waals surface area contributed by atoms with Crippen molar-refractivity contribution in [1.29, 1.82) is 0 Å². The average Bonchev–Trinajstić information content (AvgIpc) is 3.28. The summed E-state index contributed by atoms with van der Waals surface area (Å²) in [5, 5.41) is 0. The van der Waals surface area contributed by atoms with Crippen molar-refractivity contribution < 1.29 is 19.0 Å². The van der Waals surface area contributed by atoms with Crippen LogP contribution in [0.4, 0.5) is 0 Å². The van der Waals surface area contributed by atoms with Crippen molar-refractivity contribution in [3.8, 4) is 0 Å². The Kier molecular flexibility index (Phi) is 3.65. The number of hydrogen-bond acceptors (Lipinski definition) is 4. The Balaban J connectivity index is 1.67. The van der Waals surface area contributed by atoms with Crippen LogP contribution in [0.1, 0.15) is 53.4 Å². The zero-order valence-electron chi connectivity index (χ0n) is 13.5. The summed E-state index contributed by atoms with van der Waals surface area (Å²) in [7, 11) is 0. The summed E-state index contributed by atoms with van der Waals surface area (Å²) in [4.78, 5) is 11.2. The third-order valence-electron chi connectivity index (χ3n) is 5.28. The molecule has 3 fully saturated rings. The number of hydrogen-bond donors (Lipinski definition) is 0. The second-order valence-corrected chi connectivity index (χ2v) is 7.22. The Morgan fingerprint density at radius 3 is 2.67 bits per heavy atom. The van der Waals surface area contributed by atoms with E-state index in [2.05, 4.69) is 26.8 Å². The van der Waals surface area contributed by atoms with Crippen LogP contribution >= 0.6 is 0 Å². The van der Waals surface area contributed by atoms with Crippen molar-refractivity contribution in [2.24, 2.45) is 5.92 Å². The van der Waals surface area contributed by atoms with E-state index in [4.69, 9.17) is 14.2 Å². The maximum Gasteiger partial charge on any atom is 0.302 e. The van der Waals surface area contributed by atoms with Crippen LogP contribution in [-0.4, -0.2) is 36.0 Å². The molecule has 2 saturated heterocycles. The van der Waals surface area contributed by atoms with E-state index in [0.29, 0.717) is 5.92 Å². The lowest BCUT2D eigenvalue weighted by molar-refractivity contribution is -0.150. The lowest BCUT2D eigenvalue weighted by Gasteiger charge is -2.36. The van der Waals surface area contributed by atoms with E-state index in [9.17, 15) is 4.79 Å². The molecule has 0 aromatic rings. The van der Waals surface area contributed by atoms with Gasteiger partial charge in [0.1, 0.15) is 6.10 Å². The highest BCUT2D eigenvalue weighted by molar-refractivity contribution is 5.66. The summed E-state index contributed by atoms with van der Waals surface area (Å²) < 4.78 is 17.3. The first-order valence-electron chi connectivity index (χ1n) is 7.98. The maximum atomic E-state index is 11.2. The number of carbonyl (C=O) groups excluding carboxylic acids is 1. The predicted octanol–water partition coefficient (Wildman–Crippen LogP) is 3.00. The molecule has 1 spiro atoms. The lowest BCUT2D eigenvalue weighted by Crippen LogP contribution is -2.44. The Hall–Kier alpha value is -0.870. The second-order valence-electron chi connectivity index (χ2n) is 7.22. The Bertz CT molecular complexity index is 461. The molecular weight excluding hydrogens is 268 g/mol. The second kappa shape index (κ2) is 5.10. The zero-order valence-corrected chi connectivity index (χ0v) is 13.5. The molecule has 0 aromatic carbocycles. The zero-order chi connectivity index (χ0) is 15.3. The van der Waals surface area contributed by atoms with Gasteiger partial charge in [-0.15, -0.1) is 0 Å². The van der Waals surface area contributed by atoms with Gasteiger partial charge in [-0.05, 0) is 46.5 Å². The molecule has 2 heterocycles. The monoisotopic (exact) mass is 294 g/mol. The summed E-state index contributed by atoms with van der Waals surface area (Å²) in [5.41, 5.74) is 1.19. The van der Waals surface area contributed by atoms with Gasteiger partial charge in [-0.2, -0.15) is 0 Å². The molecule has 1 aliphatic carbocycles. The first-order chi connectivity index (χ1) is 9.86. The van der Waals surface area contributed by atoms with E-state index in [-0.39, 0.29) is 29.4 Å². The predicted molar refractivity (Wildman–Crippen MR) is 78.9 cm³/mol. The first kappa shape index (κ1) is 15.0. The first-order valence-corrected chi connectivity index (χ1v) is 7.98. The van der Waals surface area contributed by atoms with Crippen LogP contribution in [0.2, 0.25) is 0 Å². The van der Waals surface area contributed by atoms with Crippen molar-refractivity contribution >= 4 is 5.97 Å². The molecule has 4 heteroatoms. The van der Waals surface area contributed by atoms with Gasteiger partial charge in [0.25, 0.3) is 0 Å². The van der Waals surface area contributed by atoms with Gasteiger partial charge >= 0.3 is 5.97 Å². The summed E-state index contributed by atoms with van der Waals surface area (Å²) in [6, 6.07) is 0. The van der Waals surface area contributed by atoms with E-state index in [1.165, 1.54) is 12.5 Å². The van der Waals surface area contributed by atoms with E-state index >= 15 is 0 Å². The minimum absolute atomic E-state index is 0.00881. The van der Waals surface area contributed by atoms with Crippen molar-refractivity contribution in [2.45, 2.75) is 76.8 Å². The van der Waals surface area contributed by atoms with E-state index in [1.807, 2.05) is 0 Å². The molecule has 2 aliphatic heterocycles. The van der Waals surface area contributed by atoms with Crippen molar-refractivity contribution in [3.05, 3.63) is 11.6 Å². The minimum Gasteiger partial charge on any atom is -0.463 e. The SMILES string of the molecule is CC(=O)O[C@@H]1CC[C@]2(CO2)[C@@H]([C@@]2(C)O[C@@H]2CC=C(C)C)C1. The molecule has 3 rings (SSSR count). The number of epoxide rings is 2. The molecule has 0 aromatic heterocycles. The number of allylic oxidation sites excluding steroid dienone is 1. The summed E-state index contributed by atoms with van der Waals surface area (Å²) in [6.45, 7) is 8.74. The van der Waals surface area contributed by atoms with Gasteiger partial charge < -0.3 is 14.2 Å². The summed E-state index contributed by atoms with van der Waals surface area (Å²) >= 11 is 0. The highest BCUT2D eigenvalue weighted by Crippen LogP contribution is 2.59. The summed E-state index contributed by atoms with van der Waals surface area (Å²) in [6.07, 6.45) is 6.24. The largest absolute Gasteiger partial charge is 0.463 e. The van der Waals surface area contributed by atoms with Gasteiger partial charge in [0.05, 0.1) is 23.9 Å². The summed E-state index contributed by atoms with van der Waals surface area (Å²) in [5.74, 6) is 0.146. The standard InChI is InChI=1S/C17H26O4/c1-11(2)5-6-15-16(4,21-15)14-9-13(20-12(3)18)7-8-17(14)10-19-17/h5,13-15H,6-10H2,1-4H3/t13-,14-,15-,16-,17+/m1/s1. The van der Waals surface area contributed by atoms with E-state index in [1.54, 1.807) is 0 Å². The van der Waals surface area contributed by atoms with Gasteiger partial charge in [0.15, 0.2) is 0 Å². The topological polar surface area (TPSA) is 51.4 Å². The molecule has 1 saturated carbocycles. The Labute approximate surface area is 126 Å². The van der Waals surface area contributed by atoms with Crippen molar-refractivity contribution in [1.82, 2.24) is 0 Å². The smallest absolute Gasteiger partial charge is 0.302 e. The van der Waals surface area contributed by atoms with E-state index < -0.39 is 0 Å². The van der Waals surface area contributed by atoms with E-state index in [0.717, 1.165) is 32.3 Å². The highest BCUT2D eigenvalue weighted by atomic mass is 16.6. The maximum absolute atomic E-state index is 11.2. The van der Waals surface area contributed by atoms with Crippen LogP contribution in [0.3, 0.4) is 0 Å². The minimum atomic E-state index is -0.186. The molecule has 0 N–H and O–H groups in total. The third-order valence-corrected chi connectivity index (χ3v) is 5.28. The number of carbonyl (C=O) groups is 1. The van der Waals surface area contributed by atoms with Gasteiger partial charge in [-0.1, -0.05) is 11.6 Å². The van der Waals surface area contributed by atoms with Gasteiger partial charge in [-0.3, -0.25) is 4.79 Å². The normalized spacial score (nSPS) is 44.3. The molecule has 21 heavy (non-hydrogen) atoms. The molecular formula is C17H26O4. The van der Waals surface area contributed by atoms with Gasteiger partial charge in [0, 0.05) is 12.8 Å². The third kappa shape index (κ3) is 2.88. The van der Waals surface area contributed by atoms with Gasteiger partial charge in [-0.25, -0.2) is 0 Å². The molecule has 118 valence electrons. The average molecular weight is 294 g/mol. The molecule has 5 atom stereocenters. The quantitative estimate of drug-likeness (QED) is 0.454. The molecule has 4 nitrogen and oxygen atoms in total. The molecule has 0 bridgehead atoms. The fourth-order valence-corrected chi connectivity index (χ4v) is 3.92. The van der Waals surface area contributed by atoms with Crippen molar-refractivity contribution in [2.75, 3.05) is 6.61 Å². The molecule has 0 unspecified atom stereocenters. The van der Waals surface area contributed by atoms with Crippen LogP contribution in [0.5, 0.6) is 0 Å². The van der Waals surface area contributed by atoms with Crippen LogP contribution in [0.25, 0.3) is 0 Å². The molecule has 0 amide bonds. The number of ether oxygens (including phenoxy) is 3. The van der Waals surface area contributed by atoms with Crippen LogP contribution in [-0.2, 0) is 19.0 Å². The molecule has 3 aliphatic rings. The fraction of sp³-hybridized carbons (Fsp3) is 0.824. The lowest BCUT2D eigenvalue weighted by atomic mass is 9.70. The van der Waals surface area contributed by atoms with Crippen molar-refractivity contribution in [3.63, 3.8) is 0 Å². The van der Waals surface area contributed by atoms with Crippen LogP contribution < -0.4 is 0 Å².